The smallest absolute Gasteiger partial charge is 0.144 e. The zero-order valence-electron chi connectivity index (χ0n) is 10.2. The highest BCUT2D eigenvalue weighted by atomic mass is 35.5. The molecule has 0 saturated heterocycles. The first-order valence-corrected chi connectivity index (χ1v) is 6.68. The van der Waals surface area contributed by atoms with Crippen LogP contribution in [0.2, 0.25) is 5.02 Å². The van der Waals surface area contributed by atoms with E-state index in [0.29, 0.717) is 10.7 Å². The Bertz CT molecular complexity index is 373. The van der Waals surface area contributed by atoms with Crippen LogP contribution in [-0.4, -0.2) is 11.5 Å². The van der Waals surface area contributed by atoms with Crippen LogP contribution in [0, 0.1) is 11.8 Å². The van der Waals surface area contributed by atoms with Crippen molar-refractivity contribution in [2.75, 3.05) is 17.6 Å². The highest BCUT2D eigenvalue weighted by Gasteiger charge is 2.18. The van der Waals surface area contributed by atoms with Gasteiger partial charge in [0.05, 0.1) is 16.9 Å². The molecule has 94 valence electrons. The Morgan fingerprint density at radius 3 is 2.76 bits per heavy atom. The molecule has 0 aromatic carbocycles. The van der Waals surface area contributed by atoms with Crippen LogP contribution < -0.4 is 11.1 Å². The number of aromatic nitrogens is 1. The van der Waals surface area contributed by atoms with E-state index in [1.165, 1.54) is 25.7 Å². The van der Waals surface area contributed by atoms with Crippen LogP contribution in [0.25, 0.3) is 0 Å². The first-order chi connectivity index (χ1) is 8.15. The molecule has 1 saturated carbocycles. The summed E-state index contributed by atoms with van der Waals surface area (Å²) in [5.41, 5.74) is 6.21. The van der Waals surface area contributed by atoms with E-state index in [4.69, 9.17) is 17.3 Å². The summed E-state index contributed by atoms with van der Waals surface area (Å²) in [5.74, 6) is 2.39. The van der Waals surface area contributed by atoms with Gasteiger partial charge in [-0.15, -0.1) is 0 Å². The number of rotatable bonds is 3. The van der Waals surface area contributed by atoms with Crippen molar-refractivity contribution in [3.63, 3.8) is 0 Å². The third-order valence-corrected chi connectivity index (χ3v) is 3.84. The maximum Gasteiger partial charge on any atom is 0.144 e. The van der Waals surface area contributed by atoms with Gasteiger partial charge in [-0.3, -0.25) is 0 Å². The highest BCUT2D eigenvalue weighted by molar-refractivity contribution is 6.33. The molecular formula is C13H20ClN3. The van der Waals surface area contributed by atoms with E-state index in [9.17, 15) is 0 Å². The molecule has 1 aromatic heterocycles. The van der Waals surface area contributed by atoms with Gasteiger partial charge >= 0.3 is 0 Å². The van der Waals surface area contributed by atoms with E-state index in [0.717, 1.165) is 24.2 Å². The minimum Gasteiger partial charge on any atom is -0.397 e. The quantitative estimate of drug-likeness (QED) is 0.866. The van der Waals surface area contributed by atoms with Gasteiger partial charge in [0.1, 0.15) is 5.82 Å². The molecule has 0 spiro atoms. The van der Waals surface area contributed by atoms with Gasteiger partial charge in [0.15, 0.2) is 0 Å². The lowest BCUT2D eigenvalue weighted by atomic mass is 9.83. The van der Waals surface area contributed by atoms with Crippen LogP contribution in [-0.2, 0) is 0 Å². The van der Waals surface area contributed by atoms with Crippen molar-refractivity contribution in [2.45, 2.75) is 32.6 Å². The van der Waals surface area contributed by atoms with Crippen LogP contribution >= 0.6 is 11.6 Å². The summed E-state index contributed by atoms with van der Waals surface area (Å²) in [4.78, 5) is 4.21. The third-order valence-electron chi connectivity index (χ3n) is 3.56. The van der Waals surface area contributed by atoms with E-state index >= 15 is 0 Å². The Hall–Kier alpha value is -0.960. The SMILES string of the molecule is CC1CCC(CNc2ncc(N)cc2Cl)CC1. The van der Waals surface area contributed by atoms with E-state index in [1.54, 1.807) is 12.3 Å². The van der Waals surface area contributed by atoms with Gasteiger partial charge in [-0.1, -0.05) is 31.4 Å². The van der Waals surface area contributed by atoms with Gasteiger partial charge in [0, 0.05) is 6.54 Å². The van der Waals surface area contributed by atoms with E-state index in [-0.39, 0.29) is 0 Å². The topological polar surface area (TPSA) is 50.9 Å². The average molecular weight is 254 g/mol. The van der Waals surface area contributed by atoms with Gasteiger partial charge in [0.25, 0.3) is 0 Å². The predicted molar refractivity (Wildman–Crippen MR) is 73.3 cm³/mol. The van der Waals surface area contributed by atoms with Crippen LogP contribution in [0.15, 0.2) is 12.3 Å². The molecule has 0 amide bonds. The number of halogens is 1. The molecule has 1 aliphatic rings. The Morgan fingerprint density at radius 2 is 2.12 bits per heavy atom. The van der Waals surface area contributed by atoms with Gasteiger partial charge < -0.3 is 11.1 Å². The van der Waals surface area contributed by atoms with Crippen molar-refractivity contribution in [1.29, 1.82) is 0 Å². The summed E-state index contributed by atoms with van der Waals surface area (Å²) in [6.07, 6.45) is 6.93. The number of pyridine rings is 1. The standard InChI is InChI=1S/C13H20ClN3/c1-9-2-4-10(5-3-9)7-16-13-12(14)6-11(15)8-17-13/h6,8-10H,2-5,7,15H2,1H3,(H,16,17). The van der Waals surface area contributed by atoms with Crippen molar-refractivity contribution in [3.8, 4) is 0 Å². The fraction of sp³-hybridized carbons (Fsp3) is 0.615. The van der Waals surface area contributed by atoms with Gasteiger partial charge in [-0.2, -0.15) is 0 Å². The van der Waals surface area contributed by atoms with Crippen LogP contribution in [0.4, 0.5) is 11.5 Å². The molecule has 3 N–H and O–H groups in total. The van der Waals surface area contributed by atoms with E-state index in [2.05, 4.69) is 17.2 Å². The summed E-state index contributed by atoms with van der Waals surface area (Å²) in [6.45, 7) is 3.30. The molecule has 4 heteroatoms. The van der Waals surface area contributed by atoms with Gasteiger partial charge in [-0.05, 0) is 30.7 Å². The molecule has 0 aliphatic heterocycles. The summed E-state index contributed by atoms with van der Waals surface area (Å²) in [7, 11) is 0. The third kappa shape index (κ3) is 3.50. The lowest BCUT2D eigenvalue weighted by molar-refractivity contribution is 0.300. The number of anilines is 2. The zero-order chi connectivity index (χ0) is 12.3. The van der Waals surface area contributed by atoms with Gasteiger partial charge in [0.2, 0.25) is 0 Å². The Balaban J connectivity index is 1.85. The number of nitrogens with zero attached hydrogens (tertiary/aromatic N) is 1. The normalized spacial score (nSPS) is 24.6. The zero-order valence-corrected chi connectivity index (χ0v) is 11.0. The van der Waals surface area contributed by atoms with Crippen molar-refractivity contribution < 1.29 is 0 Å². The fourth-order valence-corrected chi connectivity index (χ4v) is 2.60. The predicted octanol–water partition coefficient (Wildman–Crippen LogP) is 3.56. The Kier molecular flexibility index (Phi) is 4.11. The number of nitrogens with one attached hydrogen (secondary N) is 1. The highest BCUT2D eigenvalue weighted by Crippen LogP contribution is 2.29. The first-order valence-electron chi connectivity index (χ1n) is 6.30. The number of nitrogens with two attached hydrogens (primary N) is 1. The van der Waals surface area contributed by atoms with Crippen molar-refractivity contribution in [1.82, 2.24) is 4.98 Å². The second kappa shape index (κ2) is 5.58. The molecule has 3 nitrogen and oxygen atoms in total. The Morgan fingerprint density at radius 1 is 1.41 bits per heavy atom. The molecule has 0 unspecified atom stereocenters. The van der Waals surface area contributed by atoms with E-state index < -0.39 is 0 Å². The molecule has 1 aromatic rings. The molecule has 1 fully saturated rings. The second-order valence-corrected chi connectivity index (χ2v) is 5.51. The molecule has 2 rings (SSSR count). The molecule has 17 heavy (non-hydrogen) atoms. The average Bonchev–Trinajstić information content (AvgIpc) is 2.30. The maximum atomic E-state index is 6.07. The van der Waals surface area contributed by atoms with Crippen LogP contribution in [0.5, 0.6) is 0 Å². The number of nitrogen functional groups attached to an aromatic ring is 1. The van der Waals surface area contributed by atoms with E-state index in [1.807, 2.05) is 0 Å². The van der Waals surface area contributed by atoms with Crippen molar-refractivity contribution >= 4 is 23.1 Å². The lowest BCUT2D eigenvalue weighted by Gasteiger charge is -2.26. The van der Waals surface area contributed by atoms with Crippen molar-refractivity contribution in [2.24, 2.45) is 11.8 Å². The summed E-state index contributed by atoms with van der Waals surface area (Å²) >= 11 is 6.07. The molecule has 0 atom stereocenters. The lowest BCUT2D eigenvalue weighted by Crippen LogP contribution is -2.20. The molecule has 0 radical (unpaired) electrons. The summed E-state index contributed by atoms with van der Waals surface area (Å²) in [5, 5.41) is 3.93. The fourth-order valence-electron chi connectivity index (χ4n) is 2.36. The largest absolute Gasteiger partial charge is 0.397 e. The molecular weight excluding hydrogens is 234 g/mol. The van der Waals surface area contributed by atoms with Gasteiger partial charge in [-0.25, -0.2) is 4.98 Å². The number of hydrogen-bond donors (Lipinski definition) is 2. The Labute approximate surface area is 108 Å². The minimum absolute atomic E-state index is 0.604. The van der Waals surface area contributed by atoms with Crippen LogP contribution in [0.3, 0.4) is 0 Å². The summed E-state index contributed by atoms with van der Waals surface area (Å²) < 4.78 is 0. The molecule has 1 heterocycles. The number of hydrogen-bond acceptors (Lipinski definition) is 3. The molecule has 1 aliphatic carbocycles. The maximum absolute atomic E-state index is 6.07. The van der Waals surface area contributed by atoms with Crippen LogP contribution in [0.1, 0.15) is 32.6 Å². The van der Waals surface area contributed by atoms with Crippen molar-refractivity contribution in [3.05, 3.63) is 17.3 Å². The second-order valence-electron chi connectivity index (χ2n) is 5.11. The minimum atomic E-state index is 0.604. The molecule has 0 bridgehead atoms. The monoisotopic (exact) mass is 253 g/mol. The summed E-state index contributed by atoms with van der Waals surface area (Å²) in [6, 6.07) is 1.74. The first kappa shape index (κ1) is 12.5.